The molecule has 0 spiro atoms. The molecular formula is C9H15NO4S. The number of carboxylic acids is 1. The van der Waals surface area contributed by atoms with E-state index >= 15 is 0 Å². The largest absolute Gasteiger partial charge is 0.480 e. The van der Waals surface area contributed by atoms with E-state index in [4.69, 9.17) is 5.11 Å². The zero-order chi connectivity index (χ0) is 12.0. The van der Waals surface area contributed by atoms with Gasteiger partial charge in [-0.05, 0) is 6.92 Å². The molecule has 0 aliphatic heterocycles. The SMILES string of the molecule is CCN(C(C)=O)[C@@H](CSC(C)=O)C(=O)O. The third kappa shape index (κ3) is 4.83. The van der Waals surface area contributed by atoms with Crippen LogP contribution in [0.4, 0.5) is 0 Å². The average molecular weight is 233 g/mol. The first-order chi connectivity index (χ1) is 6.90. The Morgan fingerprint density at radius 2 is 1.87 bits per heavy atom. The van der Waals surface area contributed by atoms with Gasteiger partial charge in [-0.25, -0.2) is 4.79 Å². The van der Waals surface area contributed by atoms with Gasteiger partial charge in [0.25, 0.3) is 0 Å². The maximum absolute atomic E-state index is 11.1. The first-order valence-electron chi connectivity index (χ1n) is 4.53. The number of carboxylic acid groups (broad SMARTS) is 1. The van der Waals surface area contributed by atoms with Crippen LogP contribution in [0.25, 0.3) is 0 Å². The Kier molecular flexibility index (Phi) is 6.00. The highest BCUT2D eigenvalue weighted by atomic mass is 32.2. The molecule has 0 aliphatic rings. The lowest BCUT2D eigenvalue weighted by molar-refractivity contribution is -0.148. The highest BCUT2D eigenvalue weighted by molar-refractivity contribution is 8.13. The van der Waals surface area contributed by atoms with Gasteiger partial charge in [-0.15, -0.1) is 0 Å². The number of carbonyl (C=O) groups excluding carboxylic acids is 2. The van der Waals surface area contributed by atoms with Gasteiger partial charge in [-0.3, -0.25) is 9.59 Å². The summed E-state index contributed by atoms with van der Waals surface area (Å²) in [6.45, 7) is 4.71. The maximum Gasteiger partial charge on any atom is 0.327 e. The van der Waals surface area contributed by atoms with E-state index in [1.165, 1.54) is 18.7 Å². The topological polar surface area (TPSA) is 74.7 Å². The Hall–Kier alpha value is -1.04. The molecule has 0 aromatic heterocycles. The summed E-state index contributed by atoms with van der Waals surface area (Å²) in [4.78, 5) is 34.0. The lowest BCUT2D eigenvalue weighted by Gasteiger charge is -2.25. The van der Waals surface area contributed by atoms with Gasteiger partial charge in [0.1, 0.15) is 6.04 Å². The van der Waals surface area contributed by atoms with E-state index in [2.05, 4.69) is 0 Å². The molecule has 1 atom stereocenters. The lowest BCUT2D eigenvalue weighted by Crippen LogP contribution is -2.45. The normalized spacial score (nSPS) is 11.9. The van der Waals surface area contributed by atoms with Crippen molar-refractivity contribution in [3.05, 3.63) is 0 Å². The fourth-order valence-electron chi connectivity index (χ4n) is 1.15. The summed E-state index contributed by atoms with van der Waals surface area (Å²) >= 11 is 0.915. The van der Waals surface area contributed by atoms with Crippen LogP contribution >= 0.6 is 11.8 Å². The second kappa shape index (κ2) is 6.44. The van der Waals surface area contributed by atoms with Gasteiger partial charge in [0, 0.05) is 26.1 Å². The third-order valence-electron chi connectivity index (χ3n) is 1.85. The van der Waals surface area contributed by atoms with Gasteiger partial charge in [0.15, 0.2) is 5.12 Å². The van der Waals surface area contributed by atoms with E-state index in [1.807, 2.05) is 0 Å². The van der Waals surface area contributed by atoms with Crippen molar-refractivity contribution in [1.29, 1.82) is 0 Å². The summed E-state index contributed by atoms with van der Waals surface area (Å²) in [7, 11) is 0. The fraction of sp³-hybridized carbons (Fsp3) is 0.667. The molecule has 6 heteroatoms. The summed E-state index contributed by atoms with van der Waals surface area (Å²) in [6, 6.07) is -0.929. The second-order valence-electron chi connectivity index (χ2n) is 2.96. The van der Waals surface area contributed by atoms with Crippen molar-refractivity contribution in [3.63, 3.8) is 0 Å². The van der Waals surface area contributed by atoms with E-state index in [0.29, 0.717) is 6.54 Å². The number of hydrogen-bond acceptors (Lipinski definition) is 4. The van der Waals surface area contributed by atoms with Crippen molar-refractivity contribution in [2.75, 3.05) is 12.3 Å². The molecule has 0 saturated carbocycles. The quantitative estimate of drug-likeness (QED) is 0.752. The average Bonchev–Trinajstić information content (AvgIpc) is 2.10. The van der Waals surface area contributed by atoms with Crippen LogP contribution in [0.2, 0.25) is 0 Å². The van der Waals surface area contributed by atoms with Crippen molar-refractivity contribution in [2.45, 2.75) is 26.8 Å². The number of rotatable bonds is 5. The van der Waals surface area contributed by atoms with Crippen molar-refractivity contribution in [3.8, 4) is 0 Å². The molecule has 0 aromatic rings. The molecule has 0 aliphatic carbocycles. The molecule has 0 aromatic carbocycles. The van der Waals surface area contributed by atoms with Gasteiger partial charge in [-0.1, -0.05) is 11.8 Å². The maximum atomic E-state index is 11.1. The molecule has 86 valence electrons. The molecule has 0 saturated heterocycles. The van der Waals surface area contributed by atoms with E-state index in [1.54, 1.807) is 6.92 Å². The van der Waals surface area contributed by atoms with Crippen molar-refractivity contribution >= 4 is 28.8 Å². The highest BCUT2D eigenvalue weighted by Crippen LogP contribution is 2.10. The Bertz CT molecular complexity index is 267. The Balaban J connectivity index is 4.55. The van der Waals surface area contributed by atoms with E-state index in [9.17, 15) is 14.4 Å². The number of aliphatic carboxylic acids is 1. The van der Waals surface area contributed by atoms with Crippen LogP contribution in [0.5, 0.6) is 0 Å². The highest BCUT2D eigenvalue weighted by Gasteiger charge is 2.26. The lowest BCUT2D eigenvalue weighted by atomic mass is 10.3. The number of amides is 1. The molecule has 1 amide bonds. The van der Waals surface area contributed by atoms with Crippen LogP contribution in [-0.4, -0.2) is 45.3 Å². The van der Waals surface area contributed by atoms with Crippen molar-refractivity contribution in [2.24, 2.45) is 0 Å². The molecule has 0 unspecified atom stereocenters. The summed E-state index contributed by atoms with van der Waals surface area (Å²) in [5.74, 6) is -1.28. The summed E-state index contributed by atoms with van der Waals surface area (Å²) < 4.78 is 0. The third-order valence-corrected chi connectivity index (χ3v) is 2.74. The monoisotopic (exact) mass is 233 g/mol. The van der Waals surface area contributed by atoms with Gasteiger partial charge in [0.2, 0.25) is 5.91 Å². The van der Waals surface area contributed by atoms with Gasteiger partial charge in [-0.2, -0.15) is 0 Å². The first kappa shape index (κ1) is 14.0. The van der Waals surface area contributed by atoms with E-state index in [-0.39, 0.29) is 16.8 Å². The predicted octanol–water partition coefficient (Wildman–Crippen LogP) is 0.588. The minimum absolute atomic E-state index is 0.0953. The smallest absolute Gasteiger partial charge is 0.327 e. The molecule has 1 N–H and O–H groups in total. The number of thioether (sulfide) groups is 1. The van der Waals surface area contributed by atoms with Crippen LogP contribution in [0.15, 0.2) is 0 Å². The second-order valence-corrected chi connectivity index (χ2v) is 4.16. The Morgan fingerprint density at radius 3 is 2.13 bits per heavy atom. The van der Waals surface area contributed by atoms with Gasteiger partial charge >= 0.3 is 5.97 Å². The van der Waals surface area contributed by atoms with Crippen molar-refractivity contribution in [1.82, 2.24) is 4.90 Å². The Labute approximate surface area is 92.8 Å². The molecule has 0 heterocycles. The first-order valence-corrected chi connectivity index (χ1v) is 5.52. The number of carbonyl (C=O) groups is 3. The minimum Gasteiger partial charge on any atom is -0.480 e. The summed E-state index contributed by atoms with van der Waals surface area (Å²) in [5, 5.41) is 8.77. The number of likely N-dealkylation sites (N-methyl/N-ethyl adjacent to an activating group) is 1. The molecule has 0 rings (SSSR count). The van der Waals surface area contributed by atoms with Crippen LogP contribution in [0, 0.1) is 0 Å². The molecule has 0 radical (unpaired) electrons. The number of hydrogen-bond donors (Lipinski definition) is 1. The fourth-order valence-corrected chi connectivity index (χ4v) is 1.87. The van der Waals surface area contributed by atoms with Crippen LogP contribution < -0.4 is 0 Å². The molecule has 0 bridgehead atoms. The van der Waals surface area contributed by atoms with Crippen LogP contribution in [0.1, 0.15) is 20.8 Å². The standard InChI is InChI=1S/C9H15NO4S/c1-4-10(6(2)11)8(9(13)14)5-15-7(3)12/h8H,4-5H2,1-3H3,(H,13,14)/t8-/m0/s1. The molecular weight excluding hydrogens is 218 g/mol. The number of nitrogens with zero attached hydrogens (tertiary/aromatic N) is 1. The molecule has 0 fully saturated rings. The Morgan fingerprint density at radius 1 is 1.33 bits per heavy atom. The zero-order valence-electron chi connectivity index (χ0n) is 9.02. The van der Waals surface area contributed by atoms with Crippen LogP contribution in [-0.2, 0) is 14.4 Å². The summed E-state index contributed by atoms with van der Waals surface area (Å²) in [5.41, 5.74) is 0. The van der Waals surface area contributed by atoms with E-state index < -0.39 is 12.0 Å². The predicted molar refractivity (Wildman–Crippen MR) is 57.6 cm³/mol. The van der Waals surface area contributed by atoms with Crippen molar-refractivity contribution < 1.29 is 19.5 Å². The van der Waals surface area contributed by atoms with Crippen LogP contribution in [0.3, 0.4) is 0 Å². The minimum atomic E-state index is -1.08. The van der Waals surface area contributed by atoms with Gasteiger partial charge in [0.05, 0.1) is 0 Å². The molecule has 15 heavy (non-hydrogen) atoms. The zero-order valence-corrected chi connectivity index (χ0v) is 9.84. The molecule has 5 nitrogen and oxygen atoms in total. The van der Waals surface area contributed by atoms with Gasteiger partial charge < -0.3 is 10.0 Å². The summed E-state index contributed by atoms with van der Waals surface area (Å²) in [6.07, 6.45) is 0. The van der Waals surface area contributed by atoms with E-state index in [0.717, 1.165) is 11.8 Å².